The van der Waals surface area contributed by atoms with Crippen molar-refractivity contribution < 1.29 is 27.9 Å². The molecule has 0 radical (unpaired) electrons. The van der Waals surface area contributed by atoms with E-state index in [1.165, 1.54) is 14.2 Å². The van der Waals surface area contributed by atoms with Gasteiger partial charge in [-0.1, -0.05) is 59.6 Å². The molecule has 0 aliphatic carbocycles. The zero-order chi connectivity index (χ0) is 19.2. The molecule has 9 heteroatoms. The fourth-order valence-electron chi connectivity index (χ4n) is 2.09. The van der Waals surface area contributed by atoms with Gasteiger partial charge in [0.2, 0.25) is 5.85 Å². The topological polar surface area (TPSA) is 71.1 Å². The molecule has 140 valence electrons. The SMILES string of the molecule is COP(=O)(OC)C(OC(=O)COc1cccc(Cl)c1Cl)c1ccccc1. The summed E-state index contributed by atoms with van der Waals surface area (Å²) >= 11 is 11.9. The van der Waals surface area contributed by atoms with Crippen LogP contribution in [0.15, 0.2) is 48.5 Å². The summed E-state index contributed by atoms with van der Waals surface area (Å²) in [5.41, 5.74) is 0.466. The molecule has 1 atom stereocenters. The molecule has 0 heterocycles. The first kappa shape index (κ1) is 20.7. The lowest BCUT2D eigenvalue weighted by Gasteiger charge is -2.24. The van der Waals surface area contributed by atoms with Gasteiger partial charge in [0, 0.05) is 19.8 Å². The Morgan fingerprint density at radius 1 is 1.04 bits per heavy atom. The van der Waals surface area contributed by atoms with E-state index in [2.05, 4.69) is 0 Å². The molecule has 26 heavy (non-hydrogen) atoms. The first-order valence-electron chi connectivity index (χ1n) is 7.43. The van der Waals surface area contributed by atoms with E-state index < -0.39 is 26.0 Å². The van der Waals surface area contributed by atoms with E-state index in [-0.39, 0.29) is 10.8 Å². The largest absolute Gasteiger partial charge is 0.480 e. The van der Waals surface area contributed by atoms with Gasteiger partial charge in [0.05, 0.1) is 5.02 Å². The molecular weight excluding hydrogens is 402 g/mol. The molecule has 2 rings (SSSR count). The highest BCUT2D eigenvalue weighted by Crippen LogP contribution is 2.60. The van der Waals surface area contributed by atoms with E-state index in [9.17, 15) is 9.36 Å². The van der Waals surface area contributed by atoms with E-state index in [4.69, 9.17) is 41.7 Å². The monoisotopic (exact) mass is 418 g/mol. The second-order valence-corrected chi connectivity index (χ2v) is 8.06. The smallest absolute Gasteiger partial charge is 0.375 e. The molecule has 0 N–H and O–H groups in total. The van der Waals surface area contributed by atoms with Crippen molar-refractivity contribution in [1.82, 2.24) is 0 Å². The number of hydrogen-bond acceptors (Lipinski definition) is 6. The molecule has 0 spiro atoms. The summed E-state index contributed by atoms with van der Waals surface area (Å²) in [6, 6.07) is 13.3. The van der Waals surface area contributed by atoms with Crippen LogP contribution in [0, 0.1) is 0 Å². The van der Waals surface area contributed by atoms with Crippen molar-refractivity contribution in [3.8, 4) is 5.75 Å². The Morgan fingerprint density at radius 3 is 2.31 bits per heavy atom. The molecule has 2 aromatic carbocycles. The minimum absolute atomic E-state index is 0.182. The van der Waals surface area contributed by atoms with Gasteiger partial charge < -0.3 is 18.5 Å². The molecule has 0 bridgehead atoms. The summed E-state index contributed by atoms with van der Waals surface area (Å²) in [6.45, 7) is -0.461. The van der Waals surface area contributed by atoms with Crippen LogP contribution in [0.25, 0.3) is 0 Å². The molecule has 2 aromatic rings. The Labute approximate surface area is 161 Å². The Kier molecular flexibility index (Phi) is 7.50. The summed E-state index contributed by atoms with van der Waals surface area (Å²) in [4.78, 5) is 12.2. The van der Waals surface area contributed by atoms with Crippen molar-refractivity contribution in [3.63, 3.8) is 0 Å². The molecule has 0 aliphatic heterocycles. The normalized spacial score (nSPS) is 12.5. The molecule has 0 saturated heterocycles. The number of carbonyl (C=O) groups excluding carboxylic acids is 1. The van der Waals surface area contributed by atoms with Gasteiger partial charge >= 0.3 is 13.6 Å². The molecule has 6 nitrogen and oxygen atoms in total. The van der Waals surface area contributed by atoms with Crippen molar-refractivity contribution in [2.45, 2.75) is 5.85 Å². The van der Waals surface area contributed by atoms with Gasteiger partial charge in [-0.3, -0.25) is 4.57 Å². The number of hydrogen-bond donors (Lipinski definition) is 0. The van der Waals surface area contributed by atoms with Crippen molar-refractivity contribution in [2.24, 2.45) is 0 Å². The zero-order valence-corrected chi connectivity index (χ0v) is 16.5. The molecule has 0 fully saturated rings. The third-order valence-electron chi connectivity index (χ3n) is 3.39. The third-order valence-corrected chi connectivity index (χ3v) is 6.18. The van der Waals surface area contributed by atoms with Crippen LogP contribution in [0.5, 0.6) is 5.75 Å². The van der Waals surface area contributed by atoms with E-state index in [1.54, 1.807) is 48.5 Å². The van der Waals surface area contributed by atoms with Crippen LogP contribution in [-0.4, -0.2) is 26.8 Å². The zero-order valence-electron chi connectivity index (χ0n) is 14.1. The van der Waals surface area contributed by atoms with Gasteiger partial charge in [0.1, 0.15) is 10.8 Å². The van der Waals surface area contributed by atoms with Crippen LogP contribution in [-0.2, 0) is 23.1 Å². The van der Waals surface area contributed by atoms with Crippen molar-refractivity contribution in [2.75, 3.05) is 20.8 Å². The molecular formula is C17H17Cl2O6P. The van der Waals surface area contributed by atoms with Gasteiger partial charge in [-0.15, -0.1) is 0 Å². The Bertz CT molecular complexity index is 791. The number of ether oxygens (including phenoxy) is 2. The van der Waals surface area contributed by atoms with Gasteiger partial charge in [-0.2, -0.15) is 0 Å². The average Bonchev–Trinajstić information content (AvgIpc) is 2.67. The van der Waals surface area contributed by atoms with Crippen LogP contribution in [0.3, 0.4) is 0 Å². The van der Waals surface area contributed by atoms with Crippen LogP contribution in [0.4, 0.5) is 0 Å². The average molecular weight is 419 g/mol. The van der Waals surface area contributed by atoms with E-state index in [1.807, 2.05) is 0 Å². The van der Waals surface area contributed by atoms with Gasteiger partial charge in [-0.25, -0.2) is 4.79 Å². The van der Waals surface area contributed by atoms with Crippen molar-refractivity contribution in [3.05, 3.63) is 64.1 Å². The predicted molar refractivity (Wildman–Crippen MR) is 98.9 cm³/mol. The predicted octanol–water partition coefficient (Wildman–Crippen LogP) is 5.10. The molecule has 0 aromatic heterocycles. The number of rotatable bonds is 8. The maximum Gasteiger partial charge on any atom is 0.375 e. The molecule has 0 saturated carbocycles. The standard InChI is InChI=1S/C17H17Cl2O6P/c1-22-26(21,23-2)17(12-7-4-3-5-8-12)25-15(20)11-24-14-10-6-9-13(18)16(14)19/h3-10,17H,11H2,1-2H3. The lowest BCUT2D eigenvalue weighted by Crippen LogP contribution is -2.19. The third kappa shape index (κ3) is 5.00. The summed E-state index contributed by atoms with van der Waals surface area (Å²) in [5, 5.41) is 0.476. The van der Waals surface area contributed by atoms with Crippen molar-refractivity contribution >= 4 is 36.8 Å². The van der Waals surface area contributed by atoms with Crippen LogP contribution in [0.1, 0.15) is 11.4 Å². The number of esters is 1. The number of halogens is 2. The van der Waals surface area contributed by atoms with Gasteiger partial charge in [-0.05, 0) is 12.1 Å². The summed E-state index contributed by atoms with van der Waals surface area (Å²) < 4.78 is 33.4. The summed E-state index contributed by atoms with van der Waals surface area (Å²) in [5.74, 6) is -1.78. The van der Waals surface area contributed by atoms with Gasteiger partial charge in [0.25, 0.3) is 0 Å². The molecule has 0 aliphatic rings. The van der Waals surface area contributed by atoms with Crippen LogP contribution >= 0.6 is 30.8 Å². The van der Waals surface area contributed by atoms with Crippen LogP contribution in [0.2, 0.25) is 10.0 Å². The number of carbonyl (C=O) groups is 1. The highest BCUT2D eigenvalue weighted by Gasteiger charge is 2.39. The second-order valence-electron chi connectivity index (χ2n) is 5.00. The lowest BCUT2D eigenvalue weighted by atomic mass is 10.2. The van der Waals surface area contributed by atoms with Gasteiger partial charge in [0.15, 0.2) is 6.61 Å². The molecule has 1 unspecified atom stereocenters. The first-order valence-corrected chi connectivity index (χ1v) is 9.80. The molecule has 0 amide bonds. The Hall–Kier alpha value is -1.56. The lowest BCUT2D eigenvalue weighted by molar-refractivity contribution is -0.149. The fourth-order valence-corrected chi connectivity index (χ4v) is 3.75. The summed E-state index contributed by atoms with van der Waals surface area (Å²) in [6.07, 6.45) is 0. The quantitative estimate of drug-likeness (QED) is 0.438. The fraction of sp³-hybridized carbons (Fsp3) is 0.235. The van der Waals surface area contributed by atoms with E-state index in [0.717, 1.165) is 0 Å². The number of benzene rings is 2. The summed E-state index contributed by atoms with van der Waals surface area (Å²) in [7, 11) is -1.29. The van der Waals surface area contributed by atoms with Crippen LogP contribution < -0.4 is 4.74 Å². The highest BCUT2D eigenvalue weighted by atomic mass is 35.5. The van der Waals surface area contributed by atoms with Crippen molar-refractivity contribution in [1.29, 1.82) is 0 Å². The highest BCUT2D eigenvalue weighted by molar-refractivity contribution is 7.54. The Morgan fingerprint density at radius 2 is 1.69 bits per heavy atom. The van der Waals surface area contributed by atoms with E-state index >= 15 is 0 Å². The minimum Gasteiger partial charge on any atom is -0.480 e. The first-order chi connectivity index (χ1) is 12.4. The second kappa shape index (κ2) is 9.40. The maximum atomic E-state index is 12.8. The minimum atomic E-state index is -3.73. The Balaban J connectivity index is 2.14. The maximum absolute atomic E-state index is 12.8. The van der Waals surface area contributed by atoms with E-state index in [0.29, 0.717) is 10.6 Å².